The third-order valence-electron chi connectivity index (χ3n) is 4.03. The molecule has 0 radical (unpaired) electrons. The number of sulfonamides is 1. The highest BCUT2D eigenvalue weighted by Gasteiger charge is 2.23. The monoisotopic (exact) mass is 362 g/mol. The Morgan fingerprint density at radius 3 is 2.64 bits per heavy atom. The van der Waals surface area contributed by atoms with Gasteiger partial charge in [-0.3, -0.25) is 8.87 Å². The maximum atomic E-state index is 12.9. The van der Waals surface area contributed by atoms with Gasteiger partial charge in [0.05, 0.1) is 23.2 Å². The molecular formula is C17H18N2O5S. The van der Waals surface area contributed by atoms with Gasteiger partial charge in [0, 0.05) is 25.7 Å². The van der Waals surface area contributed by atoms with Crippen LogP contribution in [0.1, 0.15) is 6.92 Å². The van der Waals surface area contributed by atoms with Crippen molar-refractivity contribution in [1.82, 2.24) is 4.57 Å². The van der Waals surface area contributed by atoms with Crippen molar-refractivity contribution in [3.8, 4) is 5.75 Å². The molecule has 0 bridgehead atoms. The molecule has 1 heterocycles. The molecule has 0 amide bonds. The van der Waals surface area contributed by atoms with Crippen LogP contribution in [0.15, 0.2) is 56.6 Å². The maximum absolute atomic E-state index is 12.9. The van der Waals surface area contributed by atoms with Crippen molar-refractivity contribution in [2.75, 3.05) is 18.5 Å². The highest BCUT2D eigenvalue weighted by Crippen LogP contribution is 2.27. The van der Waals surface area contributed by atoms with Gasteiger partial charge in [-0.05, 0) is 31.2 Å². The van der Waals surface area contributed by atoms with Crippen LogP contribution in [0.5, 0.6) is 5.75 Å². The smallest absolute Gasteiger partial charge is 0.419 e. The van der Waals surface area contributed by atoms with Gasteiger partial charge < -0.3 is 9.15 Å². The number of hydrogen-bond acceptors (Lipinski definition) is 5. The average Bonchev–Trinajstić information content (AvgIpc) is 2.95. The van der Waals surface area contributed by atoms with Crippen LogP contribution >= 0.6 is 0 Å². The predicted molar refractivity (Wildman–Crippen MR) is 94.7 cm³/mol. The average molecular weight is 362 g/mol. The number of benzene rings is 2. The summed E-state index contributed by atoms with van der Waals surface area (Å²) in [6.07, 6.45) is 0. The highest BCUT2D eigenvalue weighted by atomic mass is 32.2. The Morgan fingerprint density at radius 1 is 1.20 bits per heavy atom. The fourth-order valence-corrected chi connectivity index (χ4v) is 3.81. The van der Waals surface area contributed by atoms with Crippen LogP contribution in [-0.2, 0) is 16.6 Å². The largest absolute Gasteiger partial charge is 0.497 e. The van der Waals surface area contributed by atoms with Gasteiger partial charge >= 0.3 is 5.76 Å². The van der Waals surface area contributed by atoms with Crippen molar-refractivity contribution >= 4 is 26.8 Å². The molecule has 1 aromatic heterocycles. The van der Waals surface area contributed by atoms with E-state index >= 15 is 0 Å². The summed E-state index contributed by atoms with van der Waals surface area (Å²) in [5.41, 5.74) is 1.27. The number of rotatable bonds is 5. The van der Waals surface area contributed by atoms with Crippen LogP contribution in [0.4, 0.5) is 5.69 Å². The summed E-state index contributed by atoms with van der Waals surface area (Å²) in [5, 5.41) is 0. The minimum absolute atomic E-state index is 0.0438. The zero-order valence-corrected chi connectivity index (χ0v) is 14.9. The number of hydrogen-bond donors (Lipinski definition) is 0. The van der Waals surface area contributed by atoms with Crippen LogP contribution in [0.25, 0.3) is 11.1 Å². The molecule has 7 nitrogen and oxygen atoms in total. The second kappa shape index (κ2) is 6.29. The summed E-state index contributed by atoms with van der Waals surface area (Å²) in [7, 11) is -0.836. The lowest BCUT2D eigenvalue weighted by atomic mass is 10.3. The lowest BCUT2D eigenvalue weighted by Gasteiger charge is -2.20. The van der Waals surface area contributed by atoms with Gasteiger partial charge in [0.25, 0.3) is 10.0 Å². The molecule has 0 aliphatic heterocycles. The van der Waals surface area contributed by atoms with Crippen LogP contribution in [0, 0.1) is 0 Å². The number of nitrogens with zero attached hydrogens (tertiary/aromatic N) is 2. The predicted octanol–water partition coefficient (Wildman–Crippen LogP) is 2.45. The first-order valence-electron chi connectivity index (χ1n) is 7.65. The maximum Gasteiger partial charge on any atom is 0.419 e. The van der Waals surface area contributed by atoms with Crippen LogP contribution < -0.4 is 14.8 Å². The Labute approximate surface area is 145 Å². The zero-order valence-electron chi connectivity index (χ0n) is 14.1. The second-order valence-electron chi connectivity index (χ2n) is 5.42. The first-order chi connectivity index (χ1) is 11.9. The molecule has 0 atom stereocenters. The number of methoxy groups -OCH3 is 1. The van der Waals surface area contributed by atoms with E-state index in [2.05, 4.69) is 0 Å². The van der Waals surface area contributed by atoms with Crippen molar-refractivity contribution in [2.24, 2.45) is 0 Å². The van der Waals surface area contributed by atoms with Gasteiger partial charge in [0.15, 0.2) is 5.58 Å². The molecule has 3 aromatic rings. The molecule has 8 heteroatoms. The Kier molecular flexibility index (Phi) is 4.30. The minimum atomic E-state index is -3.81. The molecule has 0 saturated heterocycles. The summed E-state index contributed by atoms with van der Waals surface area (Å²) >= 11 is 0. The Bertz CT molecular complexity index is 1080. The highest BCUT2D eigenvalue weighted by molar-refractivity contribution is 7.92. The van der Waals surface area contributed by atoms with Crippen molar-refractivity contribution in [3.05, 3.63) is 53.0 Å². The number of aromatic nitrogens is 1. The van der Waals surface area contributed by atoms with Gasteiger partial charge in [0.1, 0.15) is 5.75 Å². The lowest BCUT2D eigenvalue weighted by Crippen LogP contribution is -2.26. The van der Waals surface area contributed by atoms with Crippen molar-refractivity contribution in [3.63, 3.8) is 0 Å². The molecule has 0 aliphatic carbocycles. The summed E-state index contributed by atoms with van der Waals surface area (Å²) < 4.78 is 38.7. The molecule has 0 unspecified atom stereocenters. The van der Waals surface area contributed by atoms with Gasteiger partial charge in [-0.25, -0.2) is 13.2 Å². The number of aryl methyl sites for hydroxylation is 1. The van der Waals surface area contributed by atoms with E-state index in [1.165, 1.54) is 30.9 Å². The summed E-state index contributed by atoms with van der Waals surface area (Å²) in [4.78, 5) is 11.8. The fourth-order valence-electron chi connectivity index (χ4n) is 2.61. The van der Waals surface area contributed by atoms with E-state index in [1.54, 1.807) is 30.3 Å². The number of oxazole rings is 1. The first-order valence-corrected chi connectivity index (χ1v) is 9.09. The Balaban J connectivity index is 2.07. The summed E-state index contributed by atoms with van der Waals surface area (Å²) in [6, 6.07) is 11.2. The van der Waals surface area contributed by atoms with Crippen molar-refractivity contribution < 1.29 is 17.6 Å². The van der Waals surface area contributed by atoms with Crippen molar-refractivity contribution in [1.29, 1.82) is 0 Å². The molecular weight excluding hydrogens is 344 g/mol. The van der Waals surface area contributed by atoms with E-state index < -0.39 is 15.8 Å². The standard InChI is InChI=1S/C17H18N2O5S/c1-4-19-15-9-8-14(11-16(15)24-17(19)20)25(21,22)18(2)12-6-5-7-13(10-12)23-3/h5-11H,4H2,1-3H3. The third kappa shape index (κ3) is 2.89. The van der Waals surface area contributed by atoms with Gasteiger partial charge in [-0.15, -0.1) is 0 Å². The van der Waals surface area contributed by atoms with Crippen LogP contribution in [0.3, 0.4) is 0 Å². The van der Waals surface area contributed by atoms with E-state index in [1.807, 2.05) is 6.92 Å². The Hall–Kier alpha value is -2.74. The molecule has 3 rings (SSSR count). The molecule has 132 valence electrons. The van der Waals surface area contributed by atoms with Gasteiger partial charge in [-0.2, -0.15) is 0 Å². The topological polar surface area (TPSA) is 81.8 Å². The third-order valence-corrected chi connectivity index (χ3v) is 5.81. The van der Waals surface area contributed by atoms with Crippen LogP contribution in [0.2, 0.25) is 0 Å². The quantitative estimate of drug-likeness (QED) is 0.696. The molecule has 0 N–H and O–H groups in total. The SMILES string of the molecule is CCn1c(=O)oc2cc(S(=O)(=O)N(C)c3cccc(OC)c3)ccc21. The van der Waals surface area contributed by atoms with Crippen LogP contribution in [-0.4, -0.2) is 27.1 Å². The molecule has 0 fully saturated rings. The molecule has 2 aromatic carbocycles. The van der Waals surface area contributed by atoms with E-state index in [0.29, 0.717) is 23.5 Å². The molecule has 25 heavy (non-hydrogen) atoms. The molecule has 0 aliphatic rings. The minimum Gasteiger partial charge on any atom is -0.497 e. The first kappa shape index (κ1) is 17.1. The normalized spacial score (nSPS) is 11.6. The van der Waals surface area contributed by atoms with E-state index in [4.69, 9.17) is 9.15 Å². The van der Waals surface area contributed by atoms with E-state index in [9.17, 15) is 13.2 Å². The molecule has 0 saturated carbocycles. The van der Waals surface area contributed by atoms with E-state index in [-0.39, 0.29) is 10.5 Å². The number of fused-ring (bicyclic) bond motifs is 1. The lowest BCUT2D eigenvalue weighted by molar-refractivity contribution is 0.415. The fraction of sp³-hybridized carbons (Fsp3) is 0.235. The summed E-state index contributed by atoms with van der Waals surface area (Å²) in [6.45, 7) is 2.26. The number of ether oxygens (including phenoxy) is 1. The zero-order chi connectivity index (χ0) is 18.2. The molecule has 0 spiro atoms. The Morgan fingerprint density at radius 2 is 1.96 bits per heavy atom. The second-order valence-corrected chi connectivity index (χ2v) is 7.39. The summed E-state index contributed by atoms with van der Waals surface area (Å²) in [5.74, 6) is 0.0502. The van der Waals surface area contributed by atoms with Crippen molar-refractivity contribution in [2.45, 2.75) is 18.4 Å². The van der Waals surface area contributed by atoms with E-state index in [0.717, 1.165) is 4.31 Å². The van der Waals surface area contributed by atoms with Gasteiger partial charge in [-0.1, -0.05) is 6.07 Å². The number of anilines is 1. The van der Waals surface area contributed by atoms with Gasteiger partial charge in [0.2, 0.25) is 0 Å².